The molecule has 0 atom stereocenters. The molecule has 3 aromatic rings. The van der Waals surface area contributed by atoms with Crippen LogP contribution in [-0.4, -0.2) is 57.0 Å². The number of nitrogens with zero attached hydrogens (tertiary/aromatic N) is 4. The number of aromatic nitrogens is 2. The molecule has 3 heterocycles. The molecule has 0 saturated carbocycles. The second-order valence-corrected chi connectivity index (χ2v) is 9.08. The number of hydrogen-bond donors (Lipinski definition) is 0. The van der Waals surface area contributed by atoms with Crippen molar-refractivity contribution < 1.29 is 4.79 Å². The van der Waals surface area contributed by atoms with E-state index in [1.807, 2.05) is 10.3 Å². The molecule has 1 saturated heterocycles. The van der Waals surface area contributed by atoms with Gasteiger partial charge in [0.2, 0.25) is 5.91 Å². The molecular weight excluding hydrogens is 404 g/mol. The number of carbonyl (C=O) groups is 1. The van der Waals surface area contributed by atoms with Crippen LogP contribution in [0.4, 0.5) is 0 Å². The molecule has 6 nitrogen and oxygen atoms in total. The third-order valence-corrected chi connectivity index (χ3v) is 6.92. The molecule has 1 amide bonds. The maximum atomic E-state index is 12.5. The minimum atomic E-state index is -0.0667. The van der Waals surface area contributed by atoms with E-state index in [1.165, 1.54) is 34.2 Å². The summed E-state index contributed by atoms with van der Waals surface area (Å²) in [5.74, 6) is 1.16. The van der Waals surface area contributed by atoms with Gasteiger partial charge in [-0.05, 0) is 18.1 Å². The van der Waals surface area contributed by atoms with Crippen molar-refractivity contribution in [1.29, 1.82) is 0 Å². The van der Waals surface area contributed by atoms with Crippen molar-refractivity contribution in [2.75, 3.05) is 31.9 Å². The summed E-state index contributed by atoms with van der Waals surface area (Å²) in [5.41, 5.74) is 3.34. The Morgan fingerprint density at radius 1 is 1.21 bits per heavy atom. The standard InChI is InChI=1S/C21H24N4O2S2/c1-16-4-2-3-5-17(16)13-23-6-8-24(9-7-23)20(27)15-28-14-18-12-19(26)25-10-11-29-21(25)22-18/h2-5,10-12H,6-9,13-15H2,1H3. The number of amides is 1. The van der Waals surface area contributed by atoms with E-state index in [2.05, 4.69) is 41.1 Å². The summed E-state index contributed by atoms with van der Waals surface area (Å²) in [7, 11) is 0. The fourth-order valence-electron chi connectivity index (χ4n) is 3.48. The number of aryl methyl sites for hydroxylation is 1. The molecule has 0 unspecified atom stereocenters. The van der Waals surface area contributed by atoms with Crippen LogP contribution in [0.5, 0.6) is 0 Å². The third-order valence-electron chi connectivity index (χ3n) is 5.21. The Balaban J connectivity index is 1.23. The zero-order valence-corrected chi connectivity index (χ0v) is 18.0. The van der Waals surface area contributed by atoms with Crippen molar-refractivity contribution in [2.24, 2.45) is 0 Å². The van der Waals surface area contributed by atoms with Gasteiger partial charge in [-0.2, -0.15) is 0 Å². The van der Waals surface area contributed by atoms with Crippen LogP contribution in [0.3, 0.4) is 0 Å². The number of thiazole rings is 1. The Kier molecular flexibility index (Phi) is 6.32. The van der Waals surface area contributed by atoms with Crippen molar-refractivity contribution in [3.05, 3.63) is 69.1 Å². The highest BCUT2D eigenvalue weighted by molar-refractivity contribution is 7.99. The monoisotopic (exact) mass is 428 g/mol. The molecule has 1 fully saturated rings. The fraction of sp³-hybridized carbons (Fsp3) is 0.381. The molecule has 152 valence electrons. The SMILES string of the molecule is Cc1ccccc1CN1CCN(C(=O)CSCc2cc(=O)n3ccsc3n2)CC1. The lowest BCUT2D eigenvalue weighted by Crippen LogP contribution is -2.48. The van der Waals surface area contributed by atoms with Gasteiger partial charge in [-0.1, -0.05) is 24.3 Å². The maximum Gasteiger partial charge on any atom is 0.258 e. The molecular formula is C21H24N4O2S2. The van der Waals surface area contributed by atoms with Crippen LogP contribution in [0, 0.1) is 6.92 Å². The van der Waals surface area contributed by atoms with Crippen LogP contribution in [0.1, 0.15) is 16.8 Å². The van der Waals surface area contributed by atoms with Crippen molar-refractivity contribution >= 4 is 34.0 Å². The second-order valence-electron chi connectivity index (χ2n) is 7.22. The van der Waals surface area contributed by atoms with E-state index in [4.69, 9.17) is 0 Å². The van der Waals surface area contributed by atoms with Gasteiger partial charge in [-0.25, -0.2) is 4.98 Å². The van der Waals surface area contributed by atoms with Crippen molar-refractivity contribution in [2.45, 2.75) is 19.2 Å². The Labute approximate surface area is 178 Å². The smallest absolute Gasteiger partial charge is 0.258 e. The lowest BCUT2D eigenvalue weighted by Gasteiger charge is -2.35. The molecule has 2 aromatic heterocycles. The van der Waals surface area contributed by atoms with E-state index >= 15 is 0 Å². The molecule has 4 rings (SSSR count). The summed E-state index contributed by atoms with van der Waals surface area (Å²) in [5, 5.41) is 1.85. The topological polar surface area (TPSA) is 57.9 Å². The minimum Gasteiger partial charge on any atom is -0.339 e. The van der Waals surface area contributed by atoms with Crippen LogP contribution < -0.4 is 5.56 Å². The van der Waals surface area contributed by atoms with Crippen LogP contribution in [0.2, 0.25) is 0 Å². The first-order valence-corrected chi connectivity index (χ1v) is 11.7. The third kappa shape index (κ3) is 4.88. The van der Waals surface area contributed by atoms with Crippen LogP contribution in [0.25, 0.3) is 4.96 Å². The van der Waals surface area contributed by atoms with Gasteiger partial charge in [0, 0.05) is 56.1 Å². The zero-order valence-electron chi connectivity index (χ0n) is 16.4. The van der Waals surface area contributed by atoms with E-state index in [0.29, 0.717) is 16.5 Å². The Morgan fingerprint density at radius 3 is 2.79 bits per heavy atom. The normalized spacial score (nSPS) is 15.1. The summed E-state index contributed by atoms with van der Waals surface area (Å²) in [4.78, 5) is 34.1. The second kappa shape index (κ2) is 9.11. The number of piperazine rings is 1. The van der Waals surface area contributed by atoms with Crippen molar-refractivity contribution in [1.82, 2.24) is 19.2 Å². The van der Waals surface area contributed by atoms with Gasteiger partial charge in [0.1, 0.15) is 0 Å². The van der Waals surface area contributed by atoms with Gasteiger partial charge in [0.05, 0.1) is 11.4 Å². The van der Waals surface area contributed by atoms with E-state index in [-0.39, 0.29) is 11.5 Å². The molecule has 0 spiro atoms. The molecule has 0 radical (unpaired) electrons. The fourth-order valence-corrected chi connectivity index (χ4v) is 5.03. The lowest BCUT2D eigenvalue weighted by atomic mass is 10.1. The van der Waals surface area contributed by atoms with E-state index in [9.17, 15) is 9.59 Å². The van der Waals surface area contributed by atoms with Crippen LogP contribution >= 0.6 is 23.1 Å². The largest absolute Gasteiger partial charge is 0.339 e. The molecule has 29 heavy (non-hydrogen) atoms. The zero-order chi connectivity index (χ0) is 20.2. The van der Waals surface area contributed by atoms with E-state index < -0.39 is 0 Å². The first-order chi connectivity index (χ1) is 14.1. The summed E-state index contributed by atoms with van der Waals surface area (Å²) in [6.45, 7) is 6.43. The first kappa shape index (κ1) is 20.1. The number of carbonyl (C=O) groups excluding carboxylic acids is 1. The number of hydrogen-bond acceptors (Lipinski definition) is 6. The predicted octanol–water partition coefficient (Wildman–Crippen LogP) is 2.64. The molecule has 0 aliphatic carbocycles. The van der Waals surface area contributed by atoms with Crippen molar-refractivity contribution in [3.63, 3.8) is 0 Å². The van der Waals surface area contributed by atoms with Gasteiger partial charge in [0.15, 0.2) is 4.96 Å². The Hall–Kier alpha value is -2.16. The minimum absolute atomic E-state index is 0.0667. The number of thioether (sulfide) groups is 1. The highest BCUT2D eigenvalue weighted by Crippen LogP contribution is 2.15. The summed E-state index contributed by atoms with van der Waals surface area (Å²) >= 11 is 2.96. The van der Waals surface area contributed by atoms with Gasteiger partial charge in [-0.3, -0.25) is 18.9 Å². The summed E-state index contributed by atoms with van der Waals surface area (Å²) in [6, 6.07) is 10.0. The summed E-state index contributed by atoms with van der Waals surface area (Å²) < 4.78 is 1.54. The number of fused-ring (bicyclic) bond motifs is 1. The highest BCUT2D eigenvalue weighted by atomic mass is 32.2. The van der Waals surface area contributed by atoms with Gasteiger partial charge >= 0.3 is 0 Å². The molecule has 1 aliphatic rings. The first-order valence-electron chi connectivity index (χ1n) is 9.68. The van der Waals surface area contributed by atoms with Gasteiger partial charge in [0.25, 0.3) is 5.56 Å². The molecule has 0 bridgehead atoms. The Morgan fingerprint density at radius 2 is 2.00 bits per heavy atom. The lowest BCUT2D eigenvalue weighted by molar-refractivity contribution is -0.130. The van der Waals surface area contributed by atoms with Gasteiger partial charge < -0.3 is 4.90 Å². The van der Waals surface area contributed by atoms with E-state index in [0.717, 1.165) is 38.4 Å². The van der Waals surface area contributed by atoms with Crippen LogP contribution in [-0.2, 0) is 17.1 Å². The number of rotatable bonds is 6. The van der Waals surface area contributed by atoms with Crippen molar-refractivity contribution in [3.8, 4) is 0 Å². The predicted molar refractivity (Wildman–Crippen MR) is 119 cm³/mol. The number of benzene rings is 1. The average Bonchev–Trinajstić information content (AvgIpc) is 3.19. The average molecular weight is 429 g/mol. The molecule has 8 heteroatoms. The molecule has 1 aliphatic heterocycles. The molecule has 0 N–H and O–H groups in total. The maximum absolute atomic E-state index is 12.5. The molecule has 1 aromatic carbocycles. The van der Waals surface area contributed by atoms with E-state index in [1.54, 1.807) is 16.7 Å². The quantitative estimate of drug-likeness (QED) is 0.604. The van der Waals surface area contributed by atoms with Crippen LogP contribution in [0.15, 0.2) is 46.7 Å². The summed E-state index contributed by atoms with van der Waals surface area (Å²) in [6.07, 6.45) is 1.73. The Bertz CT molecular complexity index is 1050. The highest BCUT2D eigenvalue weighted by Gasteiger charge is 2.21. The van der Waals surface area contributed by atoms with Gasteiger partial charge in [-0.15, -0.1) is 23.1 Å².